The molecule has 116 valence electrons. The molecule has 4 rings (SSSR count). The lowest BCUT2D eigenvalue weighted by atomic mass is 9.96. The molecule has 0 unspecified atom stereocenters. The number of imidazole rings is 1. The van der Waals surface area contributed by atoms with Gasteiger partial charge in [-0.1, -0.05) is 18.2 Å². The number of ether oxygens (including phenoxy) is 1. The first-order chi connectivity index (χ1) is 11.2. The van der Waals surface area contributed by atoms with Crippen LogP contribution < -0.4 is 15.7 Å². The van der Waals surface area contributed by atoms with Gasteiger partial charge in [0.25, 0.3) is 0 Å². The number of amides is 1. The van der Waals surface area contributed by atoms with Gasteiger partial charge < -0.3 is 20.0 Å². The molecular formula is C17H15N3O3. The smallest absolute Gasteiger partial charge is 0.323 e. The Balaban J connectivity index is 1.52. The summed E-state index contributed by atoms with van der Waals surface area (Å²) in [6.07, 6.45) is 0.658. The summed E-state index contributed by atoms with van der Waals surface area (Å²) >= 11 is 0. The molecule has 1 aromatic heterocycles. The van der Waals surface area contributed by atoms with Gasteiger partial charge in [0.2, 0.25) is 5.91 Å². The standard InChI is InChI=1S/C17H15N3O3/c21-16(11-7-10-3-1-2-4-15(10)23-9-11)18-12-5-6-13-14(8-12)20-17(22)19-13/h1-6,8,11H,7,9H2,(H,18,21)(H2,19,20,22)/t11-/m1/s1. The number of carbonyl (C=O) groups excluding carboxylic acids is 1. The molecular weight excluding hydrogens is 294 g/mol. The molecule has 1 aliphatic rings. The summed E-state index contributed by atoms with van der Waals surface area (Å²) in [6.45, 7) is 0.367. The molecule has 23 heavy (non-hydrogen) atoms. The van der Waals surface area contributed by atoms with Crippen LogP contribution in [0.25, 0.3) is 11.0 Å². The Morgan fingerprint density at radius 1 is 1.13 bits per heavy atom. The van der Waals surface area contributed by atoms with E-state index in [4.69, 9.17) is 4.74 Å². The molecule has 0 spiro atoms. The molecule has 0 fully saturated rings. The minimum atomic E-state index is -0.263. The molecule has 1 atom stereocenters. The second-order valence-electron chi connectivity index (χ2n) is 5.65. The second kappa shape index (κ2) is 5.31. The van der Waals surface area contributed by atoms with Crippen molar-refractivity contribution in [2.45, 2.75) is 6.42 Å². The number of aromatic nitrogens is 2. The maximum Gasteiger partial charge on any atom is 0.323 e. The number of para-hydroxylation sites is 1. The van der Waals surface area contributed by atoms with Crippen LogP contribution in [0.4, 0.5) is 5.69 Å². The van der Waals surface area contributed by atoms with E-state index in [1.54, 1.807) is 18.2 Å². The van der Waals surface area contributed by atoms with Crippen LogP contribution >= 0.6 is 0 Å². The number of aromatic amines is 2. The molecule has 2 heterocycles. The molecule has 0 radical (unpaired) electrons. The molecule has 0 bridgehead atoms. The van der Waals surface area contributed by atoms with E-state index < -0.39 is 0 Å². The normalized spacial score (nSPS) is 16.6. The summed E-state index contributed by atoms with van der Waals surface area (Å²) < 4.78 is 5.66. The highest BCUT2D eigenvalue weighted by molar-refractivity contribution is 5.94. The molecule has 6 nitrogen and oxygen atoms in total. The second-order valence-corrected chi connectivity index (χ2v) is 5.65. The maximum atomic E-state index is 12.4. The molecule has 2 aromatic carbocycles. The lowest BCUT2D eigenvalue weighted by Gasteiger charge is -2.24. The Bertz CT molecular complexity index is 941. The molecule has 3 aromatic rings. The molecule has 0 saturated carbocycles. The van der Waals surface area contributed by atoms with Crippen molar-refractivity contribution in [1.82, 2.24) is 9.97 Å². The Morgan fingerprint density at radius 3 is 2.87 bits per heavy atom. The number of H-pyrrole nitrogens is 2. The van der Waals surface area contributed by atoms with Crippen LogP contribution in [0.1, 0.15) is 5.56 Å². The van der Waals surface area contributed by atoms with Crippen molar-refractivity contribution in [2.24, 2.45) is 5.92 Å². The van der Waals surface area contributed by atoms with Crippen molar-refractivity contribution in [3.63, 3.8) is 0 Å². The zero-order valence-electron chi connectivity index (χ0n) is 12.3. The van der Waals surface area contributed by atoms with Crippen LogP contribution in [-0.4, -0.2) is 22.5 Å². The predicted molar refractivity (Wildman–Crippen MR) is 86.7 cm³/mol. The summed E-state index contributed by atoms with van der Waals surface area (Å²) in [5, 5.41) is 2.89. The zero-order chi connectivity index (χ0) is 15.8. The van der Waals surface area contributed by atoms with E-state index in [2.05, 4.69) is 15.3 Å². The number of fused-ring (bicyclic) bond motifs is 2. The van der Waals surface area contributed by atoms with Gasteiger partial charge in [0, 0.05) is 5.69 Å². The number of hydrogen-bond donors (Lipinski definition) is 3. The number of carbonyl (C=O) groups is 1. The Labute approximate surface area is 131 Å². The minimum Gasteiger partial charge on any atom is -0.492 e. The van der Waals surface area contributed by atoms with Gasteiger partial charge in [-0.05, 0) is 36.2 Å². The quantitative estimate of drug-likeness (QED) is 0.677. The van der Waals surface area contributed by atoms with Gasteiger partial charge >= 0.3 is 5.69 Å². The van der Waals surface area contributed by atoms with Gasteiger partial charge in [-0.25, -0.2) is 4.79 Å². The molecule has 0 aliphatic carbocycles. The lowest BCUT2D eigenvalue weighted by Crippen LogP contribution is -2.32. The van der Waals surface area contributed by atoms with Crippen molar-refractivity contribution >= 4 is 22.6 Å². The summed E-state index contributed by atoms with van der Waals surface area (Å²) in [4.78, 5) is 29.1. The molecule has 3 N–H and O–H groups in total. The van der Waals surface area contributed by atoms with Crippen molar-refractivity contribution in [1.29, 1.82) is 0 Å². The first-order valence-electron chi connectivity index (χ1n) is 7.43. The van der Waals surface area contributed by atoms with Gasteiger partial charge in [-0.2, -0.15) is 0 Å². The highest BCUT2D eigenvalue weighted by atomic mass is 16.5. The highest BCUT2D eigenvalue weighted by Gasteiger charge is 2.25. The summed E-state index contributed by atoms with van der Waals surface area (Å²) in [7, 11) is 0. The largest absolute Gasteiger partial charge is 0.492 e. The van der Waals surface area contributed by atoms with Crippen LogP contribution in [0.15, 0.2) is 47.3 Å². The van der Waals surface area contributed by atoms with Gasteiger partial charge in [0.05, 0.1) is 17.0 Å². The fraction of sp³-hybridized carbons (Fsp3) is 0.176. The summed E-state index contributed by atoms with van der Waals surface area (Å²) in [5.41, 5.74) is 2.81. The van der Waals surface area contributed by atoms with Crippen molar-refractivity contribution in [3.8, 4) is 5.75 Å². The van der Waals surface area contributed by atoms with Crippen LogP contribution in [0.5, 0.6) is 5.75 Å². The molecule has 6 heteroatoms. The van der Waals surface area contributed by atoms with Crippen molar-refractivity contribution in [3.05, 3.63) is 58.5 Å². The molecule has 0 saturated heterocycles. The van der Waals surface area contributed by atoms with E-state index in [0.29, 0.717) is 29.7 Å². The SMILES string of the molecule is O=C(Nc1ccc2[nH]c(=O)[nH]c2c1)[C@H]1COc2ccccc2C1. The third-order valence-electron chi connectivity index (χ3n) is 4.03. The first kappa shape index (κ1) is 13.6. The third-order valence-corrected chi connectivity index (χ3v) is 4.03. The predicted octanol–water partition coefficient (Wildman–Crippen LogP) is 2.05. The third kappa shape index (κ3) is 2.59. The number of anilines is 1. The fourth-order valence-corrected chi connectivity index (χ4v) is 2.85. The minimum absolute atomic E-state index is 0.0864. The monoisotopic (exact) mass is 309 g/mol. The van der Waals surface area contributed by atoms with E-state index in [1.165, 1.54) is 0 Å². The van der Waals surface area contributed by atoms with Crippen LogP contribution in [0, 0.1) is 5.92 Å². The topological polar surface area (TPSA) is 87.0 Å². The van der Waals surface area contributed by atoms with E-state index in [9.17, 15) is 9.59 Å². The van der Waals surface area contributed by atoms with Crippen LogP contribution in [0.3, 0.4) is 0 Å². The number of rotatable bonds is 2. The van der Waals surface area contributed by atoms with Crippen molar-refractivity contribution in [2.75, 3.05) is 11.9 Å². The number of hydrogen-bond acceptors (Lipinski definition) is 3. The molecule has 1 amide bonds. The Hall–Kier alpha value is -3.02. The van der Waals surface area contributed by atoms with E-state index in [1.807, 2.05) is 24.3 Å². The first-order valence-corrected chi connectivity index (χ1v) is 7.43. The summed E-state index contributed by atoms with van der Waals surface area (Å²) in [6, 6.07) is 13.0. The Morgan fingerprint density at radius 2 is 1.96 bits per heavy atom. The summed E-state index contributed by atoms with van der Waals surface area (Å²) in [5.74, 6) is 0.533. The average Bonchev–Trinajstić information content (AvgIpc) is 2.93. The van der Waals surface area contributed by atoms with Crippen LogP contribution in [-0.2, 0) is 11.2 Å². The Kier molecular flexibility index (Phi) is 3.15. The van der Waals surface area contributed by atoms with Crippen LogP contribution in [0.2, 0.25) is 0 Å². The lowest BCUT2D eigenvalue weighted by molar-refractivity contribution is -0.121. The zero-order valence-corrected chi connectivity index (χ0v) is 12.3. The fourth-order valence-electron chi connectivity index (χ4n) is 2.85. The van der Waals surface area contributed by atoms with Gasteiger partial charge in [0.15, 0.2) is 0 Å². The van der Waals surface area contributed by atoms with Crippen molar-refractivity contribution < 1.29 is 9.53 Å². The van der Waals surface area contributed by atoms with Gasteiger partial charge in [-0.3, -0.25) is 4.79 Å². The van der Waals surface area contributed by atoms with E-state index in [-0.39, 0.29) is 17.5 Å². The molecule has 1 aliphatic heterocycles. The number of nitrogens with one attached hydrogen (secondary N) is 3. The maximum absolute atomic E-state index is 12.4. The van der Waals surface area contributed by atoms with E-state index in [0.717, 1.165) is 11.3 Å². The number of benzene rings is 2. The van der Waals surface area contributed by atoms with Gasteiger partial charge in [-0.15, -0.1) is 0 Å². The van der Waals surface area contributed by atoms with E-state index >= 15 is 0 Å². The van der Waals surface area contributed by atoms with Gasteiger partial charge in [0.1, 0.15) is 12.4 Å². The highest BCUT2D eigenvalue weighted by Crippen LogP contribution is 2.27. The average molecular weight is 309 g/mol.